The Morgan fingerprint density at radius 3 is 2.31 bits per heavy atom. The molecule has 0 saturated carbocycles. The minimum absolute atomic E-state index is 0.00926. The molecule has 0 unspecified atom stereocenters. The molecule has 1 aliphatic rings. The number of hydrogen-bond donors (Lipinski definition) is 0. The molecule has 0 N–H and O–H groups in total. The number of aromatic nitrogens is 2. The quantitative estimate of drug-likeness (QED) is 0.476. The normalized spacial score (nSPS) is 14.8. The van der Waals surface area contributed by atoms with E-state index in [2.05, 4.69) is 15.1 Å². The van der Waals surface area contributed by atoms with Crippen LogP contribution in [0.4, 0.5) is 14.5 Å². The van der Waals surface area contributed by atoms with Gasteiger partial charge in [-0.15, -0.1) is 10.2 Å². The Hall–Kier alpha value is -2.85. The van der Waals surface area contributed by atoms with Crippen molar-refractivity contribution in [3.8, 4) is 11.5 Å². The first-order chi connectivity index (χ1) is 15.4. The van der Waals surface area contributed by atoms with Gasteiger partial charge in [0.25, 0.3) is 5.89 Å². The fourth-order valence-electron chi connectivity index (χ4n) is 3.66. The average Bonchev–Trinajstić information content (AvgIpc) is 3.49. The van der Waals surface area contributed by atoms with Gasteiger partial charge in [0, 0.05) is 12.1 Å². The third kappa shape index (κ3) is 5.31. The fourth-order valence-corrected chi connectivity index (χ4v) is 5.16. The Kier molecular flexibility index (Phi) is 6.80. The van der Waals surface area contributed by atoms with Crippen molar-refractivity contribution in [2.75, 3.05) is 29.7 Å². The lowest BCUT2D eigenvalue weighted by molar-refractivity contribution is 0.116. The SMILES string of the molecule is O=S(=O)(CCN1CCCC1)N(Cc1ccc(-c2nnc(C(F)F)o2)cc1)c1ccccc1. The first-order valence-electron chi connectivity index (χ1n) is 10.4. The van der Waals surface area contributed by atoms with E-state index in [9.17, 15) is 17.2 Å². The second-order valence-electron chi connectivity index (χ2n) is 7.65. The summed E-state index contributed by atoms with van der Waals surface area (Å²) in [5, 5.41) is 6.97. The van der Waals surface area contributed by atoms with E-state index < -0.39 is 22.3 Å². The third-order valence-electron chi connectivity index (χ3n) is 5.40. The van der Waals surface area contributed by atoms with E-state index in [1.807, 2.05) is 6.07 Å². The van der Waals surface area contributed by atoms with Gasteiger partial charge in [0.1, 0.15) is 0 Å². The van der Waals surface area contributed by atoms with Crippen LogP contribution in [0.25, 0.3) is 11.5 Å². The largest absolute Gasteiger partial charge is 0.415 e. The van der Waals surface area contributed by atoms with Crippen LogP contribution in [-0.4, -0.2) is 48.9 Å². The Balaban J connectivity index is 1.52. The maximum absolute atomic E-state index is 13.2. The number of nitrogens with zero attached hydrogens (tertiary/aromatic N) is 4. The van der Waals surface area contributed by atoms with Crippen molar-refractivity contribution < 1.29 is 21.6 Å². The smallest absolute Gasteiger partial charge is 0.314 e. The summed E-state index contributed by atoms with van der Waals surface area (Å²) in [7, 11) is -3.56. The lowest BCUT2D eigenvalue weighted by atomic mass is 10.1. The number of halogens is 2. The van der Waals surface area contributed by atoms with Gasteiger partial charge in [-0.25, -0.2) is 8.42 Å². The molecule has 0 atom stereocenters. The van der Waals surface area contributed by atoms with Crippen LogP contribution in [0.2, 0.25) is 0 Å². The molecule has 0 radical (unpaired) electrons. The molecule has 0 amide bonds. The number of anilines is 1. The van der Waals surface area contributed by atoms with Gasteiger partial charge in [0.05, 0.1) is 18.0 Å². The summed E-state index contributed by atoms with van der Waals surface area (Å²) >= 11 is 0. The number of likely N-dealkylation sites (tertiary alicyclic amines) is 1. The standard InChI is InChI=1S/C22H24F2N4O3S/c23-20(24)22-26-25-21(31-22)18-10-8-17(9-11-18)16-28(19-6-2-1-3-7-19)32(29,30)15-14-27-12-4-5-13-27/h1-3,6-11,20H,4-5,12-16H2. The van der Waals surface area contributed by atoms with Crippen LogP contribution in [0.5, 0.6) is 0 Å². The minimum atomic E-state index is -3.56. The highest BCUT2D eigenvalue weighted by Gasteiger charge is 2.25. The molecule has 1 aliphatic heterocycles. The molecule has 170 valence electrons. The summed E-state index contributed by atoms with van der Waals surface area (Å²) in [5.41, 5.74) is 1.82. The van der Waals surface area contributed by atoms with Crippen LogP contribution < -0.4 is 4.31 Å². The number of benzene rings is 2. The number of para-hydroxylation sites is 1. The van der Waals surface area contributed by atoms with Crippen molar-refractivity contribution in [3.05, 3.63) is 66.1 Å². The number of hydrogen-bond acceptors (Lipinski definition) is 6. The highest BCUT2D eigenvalue weighted by molar-refractivity contribution is 7.92. The van der Waals surface area contributed by atoms with Crippen LogP contribution in [0, 0.1) is 0 Å². The van der Waals surface area contributed by atoms with Gasteiger partial charge in [0.2, 0.25) is 15.9 Å². The van der Waals surface area contributed by atoms with Crippen molar-refractivity contribution in [2.24, 2.45) is 0 Å². The molecule has 4 rings (SSSR count). The zero-order valence-corrected chi connectivity index (χ0v) is 18.2. The Bertz CT molecular complexity index is 1120. The molecule has 32 heavy (non-hydrogen) atoms. The van der Waals surface area contributed by atoms with Gasteiger partial charge >= 0.3 is 6.43 Å². The molecular weight excluding hydrogens is 438 g/mol. The van der Waals surface area contributed by atoms with Crippen molar-refractivity contribution in [3.63, 3.8) is 0 Å². The summed E-state index contributed by atoms with van der Waals surface area (Å²) < 4.78 is 58.2. The molecule has 0 bridgehead atoms. The highest BCUT2D eigenvalue weighted by Crippen LogP contribution is 2.25. The predicted octanol–water partition coefficient (Wildman–Crippen LogP) is 4.11. The van der Waals surface area contributed by atoms with Crippen LogP contribution in [0.3, 0.4) is 0 Å². The molecular formula is C22H24F2N4O3S. The minimum Gasteiger partial charge on any atom is -0.415 e. The topological polar surface area (TPSA) is 79.5 Å². The van der Waals surface area contributed by atoms with Crippen molar-refractivity contribution in [1.29, 1.82) is 0 Å². The maximum Gasteiger partial charge on any atom is 0.314 e. The average molecular weight is 463 g/mol. The Morgan fingerprint density at radius 1 is 1.00 bits per heavy atom. The molecule has 1 saturated heterocycles. The van der Waals surface area contributed by atoms with Crippen LogP contribution in [0.15, 0.2) is 59.0 Å². The number of rotatable bonds is 9. The zero-order valence-electron chi connectivity index (χ0n) is 17.4. The molecule has 3 aromatic rings. The summed E-state index contributed by atoms with van der Waals surface area (Å²) in [4.78, 5) is 2.17. The van der Waals surface area contributed by atoms with E-state index in [0.29, 0.717) is 17.8 Å². The van der Waals surface area contributed by atoms with E-state index in [1.165, 1.54) is 4.31 Å². The monoisotopic (exact) mass is 462 g/mol. The second-order valence-corrected chi connectivity index (χ2v) is 9.66. The molecule has 2 aromatic carbocycles. The van der Waals surface area contributed by atoms with E-state index >= 15 is 0 Å². The second kappa shape index (κ2) is 9.74. The molecule has 10 heteroatoms. The predicted molar refractivity (Wildman–Crippen MR) is 117 cm³/mol. The van der Waals surface area contributed by atoms with Crippen LogP contribution >= 0.6 is 0 Å². The van der Waals surface area contributed by atoms with E-state index in [1.54, 1.807) is 48.5 Å². The highest BCUT2D eigenvalue weighted by atomic mass is 32.2. The summed E-state index contributed by atoms with van der Waals surface area (Å²) in [6.07, 6.45) is -0.623. The third-order valence-corrected chi connectivity index (χ3v) is 7.11. The van der Waals surface area contributed by atoms with Gasteiger partial charge < -0.3 is 9.32 Å². The molecule has 7 nitrogen and oxygen atoms in total. The van der Waals surface area contributed by atoms with Crippen LogP contribution in [-0.2, 0) is 16.6 Å². The first kappa shape index (κ1) is 22.3. The van der Waals surface area contributed by atoms with Gasteiger partial charge in [-0.1, -0.05) is 30.3 Å². The molecule has 0 aliphatic carbocycles. The lowest BCUT2D eigenvalue weighted by Gasteiger charge is -2.26. The summed E-state index contributed by atoms with van der Waals surface area (Å²) in [6.45, 7) is 2.53. The molecule has 0 spiro atoms. The fraction of sp³-hybridized carbons (Fsp3) is 0.364. The van der Waals surface area contributed by atoms with Crippen LogP contribution in [0.1, 0.15) is 30.7 Å². The molecule has 1 aromatic heterocycles. The summed E-state index contributed by atoms with van der Waals surface area (Å²) in [6, 6.07) is 15.7. The van der Waals surface area contributed by atoms with Gasteiger partial charge in [-0.05, 0) is 55.8 Å². The first-order valence-corrected chi connectivity index (χ1v) is 12.0. The van der Waals surface area contributed by atoms with Crippen molar-refractivity contribution >= 4 is 15.7 Å². The van der Waals surface area contributed by atoms with Gasteiger partial charge in [-0.3, -0.25) is 4.31 Å². The molecule has 2 heterocycles. The van der Waals surface area contributed by atoms with Crippen molar-refractivity contribution in [2.45, 2.75) is 25.8 Å². The van der Waals surface area contributed by atoms with E-state index in [-0.39, 0.29) is 18.2 Å². The summed E-state index contributed by atoms with van der Waals surface area (Å²) in [5.74, 6) is -0.702. The van der Waals surface area contributed by atoms with E-state index in [4.69, 9.17) is 4.42 Å². The Morgan fingerprint density at radius 2 is 1.69 bits per heavy atom. The Labute approximate surface area is 185 Å². The maximum atomic E-state index is 13.2. The zero-order chi connectivity index (χ0) is 22.6. The van der Waals surface area contributed by atoms with E-state index in [0.717, 1.165) is 31.5 Å². The molecule has 1 fully saturated rings. The van der Waals surface area contributed by atoms with Crippen molar-refractivity contribution in [1.82, 2.24) is 15.1 Å². The van der Waals surface area contributed by atoms with Gasteiger partial charge in [-0.2, -0.15) is 8.78 Å². The number of alkyl halides is 2. The number of sulfonamides is 1. The van der Waals surface area contributed by atoms with Gasteiger partial charge in [0.15, 0.2) is 0 Å². The lowest BCUT2D eigenvalue weighted by Crippen LogP contribution is -2.37.